The highest BCUT2D eigenvalue weighted by Crippen LogP contribution is 2.27. The molecule has 2 amide bonds. The molecular formula is C18H20N2O3S. The minimum Gasteiger partial charge on any atom is -0.322 e. The minimum absolute atomic E-state index is 0.0112. The monoisotopic (exact) mass is 344 g/mol. The van der Waals surface area contributed by atoms with Gasteiger partial charge in [-0.05, 0) is 31.2 Å². The molecule has 0 spiro atoms. The molecule has 1 heterocycles. The maximum atomic E-state index is 13.1. The van der Waals surface area contributed by atoms with Gasteiger partial charge in [-0.1, -0.05) is 36.4 Å². The van der Waals surface area contributed by atoms with Crippen LogP contribution in [0.25, 0.3) is 0 Å². The van der Waals surface area contributed by atoms with Gasteiger partial charge in [0, 0.05) is 13.1 Å². The Labute approximate surface area is 142 Å². The molecule has 0 aromatic heterocycles. The SMILES string of the molecule is C[C@H]1CN(C(=O)N(c2ccccc2)c2ccccc2)CCS1(=O)=O. The predicted molar refractivity (Wildman–Crippen MR) is 95.2 cm³/mol. The van der Waals surface area contributed by atoms with E-state index in [0.29, 0.717) is 0 Å². The number of nitrogens with zero attached hydrogens (tertiary/aromatic N) is 2. The Kier molecular flexibility index (Phi) is 4.57. The van der Waals surface area contributed by atoms with E-state index in [0.717, 1.165) is 11.4 Å². The molecule has 0 N–H and O–H groups in total. The van der Waals surface area contributed by atoms with Gasteiger partial charge in [-0.15, -0.1) is 0 Å². The zero-order chi connectivity index (χ0) is 17.2. The van der Waals surface area contributed by atoms with Gasteiger partial charge >= 0.3 is 6.03 Å². The number of hydrogen-bond acceptors (Lipinski definition) is 3. The summed E-state index contributed by atoms with van der Waals surface area (Å²) in [6.07, 6.45) is 0. The van der Waals surface area contributed by atoms with E-state index in [9.17, 15) is 13.2 Å². The number of carbonyl (C=O) groups excluding carboxylic acids is 1. The molecule has 0 bridgehead atoms. The van der Waals surface area contributed by atoms with E-state index in [1.54, 1.807) is 16.7 Å². The van der Waals surface area contributed by atoms with E-state index >= 15 is 0 Å². The van der Waals surface area contributed by atoms with Gasteiger partial charge in [-0.3, -0.25) is 4.90 Å². The molecule has 0 unspecified atom stereocenters. The average Bonchev–Trinajstić information content (AvgIpc) is 2.59. The summed E-state index contributed by atoms with van der Waals surface area (Å²) in [5, 5.41) is -0.538. The van der Waals surface area contributed by atoms with Gasteiger partial charge in [0.05, 0.1) is 22.4 Å². The van der Waals surface area contributed by atoms with Crippen molar-refractivity contribution < 1.29 is 13.2 Å². The Hall–Kier alpha value is -2.34. The summed E-state index contributed by atoms with van der Waals surface area (Å²) >= 11 is 0. The number of urea groups is 1. The van der Waals surface area contributed by atoms with Gasteiger partial charge < -0.3 is 4.90 Å². The van der Waals surface area contributed by atoms with Gasteiger partial charge in [0.2, 0.25) is 0 Å². The van der Waals surface area contributed by atoms with Crippen LogP contribution < -0.4 is 4.90 Å². The lowest BCUT2D eigenvalue weighted by Crippen LogP contribution is -2.51. The molecule has 3 rings (SSSR count). The van der Waals surface area contributed by atoms with Gasteiger partial charge in [0.25, 0.3) is 0 Å². The molecule has 1 saturated heterocycles. The summed E-state index contributed by atoms with van der Waals surface area (Å²) in [5.41, 5.74) is 1.52. The number of para-hydroxylation sites is 2. The van der Waals surface area contributed by atoms with Crippen molar-refractivity contribution in [1.29, 1.82) is 0 Å². The van der Waals surface area contributed by atoms with E-state index in [-0.39, 0.29) is 24.9 Å². The van der Waals surface area contributed by atoms with Crippen LogP contribution in [0.4, 0.5) is 16.2 Å². The van der Waals surface area contributed by atoms with E-state index in [1.165, 1.54) is 0 Å². The summed E-state index contributed by atoms with van der Waals surface area (Å²) in [5.74, 6) is 0.0112. The Morgan fingerprint density at radius 1 is 1.00 bits per heavy atom. The summed E-state index contributed by atoms with van der Waals surface area (Å²) < 4.78 is 23.8. The molecule has 0 saturated carbocycles. The Morgan fingerprint density at radius 3 is 1.96 bits per heavy atom. The summed E-state index contributed by atoms with van der Waals surface area (Å²) in [7, 11) is -3.10. The first kappa shape index (κ1) is 16.5. The molecule has 2 aromatic carbocycles. The third kappa shape index (κ3) is 3.28. The molecule has 1 fully saturated rings. The third-order valence-corrected chi connectivity index (χ3v) is 6.35. The number of anilines is 2. The van der Waals surface area contributed by atoms with Crippen LogP contribution in [0.5, 0.6) is 0 Å². The van der Waals surface area contributed by atoms with Gasteiger partial charge in [-0.2, -0.15) is 0 Å². The summed E-state index contributed by atoms with van der Waals surface area (Å²) in [6, 6.07) is 18.6. The lowest BCUT2D eigenvalue weighted by molar-refractivity contribution is 0.208. The predicted octanol–water partition coefficient (Wildman–Crippen LogP) is 3.06. The molecule has 5 nitrogen and oxygen atoms in total. The molecule has 1 atom stereocenters. The molecule has 6 heteroatoms. The molecule has 1 aliphatic heterocycles. The van der Waals surface area contributed by atoms with Gasteiger partial charge in [-0.25, -0.2) is 13.2 Å². The fourth-order valence-corrected chi connectivity index (χ4v) is 4.08. The highest BCUT2D eigenvalue weighted by atomic mass is 32.2. The Balaban J connectivity index is 1.93. The van der Waals surface area contributed by atoms with Crippen molar-refractivity contribution >= 4 is 27.2 Å². The smallest absolute Gasteiger partial charge is 0.322 e. The largest absolute Gasteiger partial charge is 0.329 e. The van der Waals surface area contributed by atoms with Gasteiger partial charge in [0.1, 0.15) is 0 Å². The second kappa shape index (κ2) is 6.65. The number of hydrogen-bond donors (Lipinski definition) is 0. The van der Waals surface area contributed by atoms with Gasteiger partial charge in [0.15, 0.2) is 9.84 Å². The molecule has 24 heavy (non-hydrogen) atoms. The highest BCUT2D eigenvalue weighted by Gasteiger charge is 2.34. The normalized spacial score (nSPS) is 19.7. The summed E-state index contributed by atoms with van der Waals surface area (Å²) in [6.45, 7) is 2.10. The average molecular weight is 344 g/mol. The Bertz CT molecular complexity index is 767. The first-order valence-electron chi connectivity index (χ1n) is 7.90. The fraction of sp³-hybridized carbons (Fsp3) is 0.278. The standard InChI is InChI=1S/C18H20N2O3S/c1-15-14-19(12-13-24(15,22)23)18(21)20(16-8-4-2-5-9-16)17-10-6-3-7-11-17/h2-11,15H,12-14H2,1H3/t15-/m0/s1. The van der Waals surface area contributed by atoms with Crippen LogP contribution in [-0.4, -0.2) is 43.4 Å². The quantitative estimate of drug-likeness (QED) is 0.841. The van der Waals surface area contributed by atoms with E-state index in [4.69, 9.17) is 0 Å². The topological polar surface area (TPSA) is 57.7 Å². The zero-order valence-corrected chi connectivity index (χ0v) is 14.3. The van der Waals surface area contributed by atoms with Crippen LogP contribution in [0.2, 0.25) is 0 Å². The van der Waals surface area contributed by atoms with E-state index < -0.39 is 15.1 Å². The third-order valence-electron chi connectivity index (χ3n) is 4.23. The zero-order valence-electron chi connectivity index (χ0n) is 13.5. The lowest BCUT2D eigenvalue weighted by Gasteiger charge is -2.35. The second-order valence-corrected chi connectivity index (χ2v) is 8.45. The second-order valence-electron chi connectivity index (χ2n) is 5.91. The number of rotatable bonds is 2. The van der Waals surface area contributed by atoms with Crippen molar-refractivity contribution in [3.8, 4) is 0 Å². The minimum atomic E-state index is -3.10. The van der Waals surface area contributed by atoms with Crippen LogP contribution in [0.3, 0.4) is 0 Å². The van der Waals surface area contributed by atoms with Crippen molar-refractivity contribution in [2.45, 2.75) is 12.2 Å². The van der Waals surface area contributed by atoms with Crippen molar-refractivity contribution in [2.75, 3.05) is 23.7 Å². The van der Waals surface area contributed by atoms with E-state index in [2.05, 4.69) is 0 Å². The first-order chi connectivity index (χ1) is 11.5. The Morgan fingerprint density at radius 2 is 1.50 bits per heavy atom. The maximum absolute atomic E-state index is 13.1. The molecule has 126 valence electrons. The van der Waals surface area contributed by atoms with Crippen LogP contribution in [-0.2, 0) is 9.84 Å². The number of amides is 2. The number of carbonyl (C=O) groups is 1. The molecular weight excluding hydrogens is 324 g/mol. The van der Waals surface area contributed by atoms with Crippen molar-refractivity contribution in [3.05, 3.63) is 60.7 Å². The number of benzene rings is 2. The summed E-state index contributed by atoms with van der Waals surface area (Å²) in [4.78, 5) is 16.4. The lowest BCUT2D eigenvalue weighted by atomic mass is 10.2. The van der Waals surface area contributed by atoms with Crippen LogP contribution in [0.15, 0.2) is 60.7 Å². The van der Waals surface area contributed by atoms with Crippen LogP contribution >= 0.6 is 0 Å². The van der Waals surface area contributed by atoms with Crippen molar-refractivity contribution in [2.24, 2.45) is 0 Å². The number of sulfone groups is 1. The fourth-order valence-electron chi connectivity index (χ4n) is 2.79. The van der Waals surface area contributed by atoms with Crippen molar-refractivity contribution in [3.63, 3.8) is 0 Å². The molecule has 2 aromatic rings. The molecule has 0 aliphatic carbocycles. The molecule has 0 radical (unpaired) electrons. The van der Waals surface area contributed by atoms with Crippen molar-refractivity contribution in [1.82, 2.24) is 4.90 Å². The van der Waals surface area contributed by atoms with Crippen LogP contribution in [0.1, 0.15) is 6.92 Å². The van der Waals surface area contributed by atoms with E-state index in [1.807, 2.05) is 60.7 Å². The highest BCUT2D eigenvalue weighted by molar-refractivity contribution is 7.92. The molecule has 1 aliphatic rings. The van der Waals surface area contributed by atoms with Crippen LogP contribution in [0, 0.1) is 0 Å². The maximum Gasteiger partial charge on any atom is 0.329 e. The first-order valence-corrected chi connectivity index (χ1v) is 9.61.